The number of unbranched alkanes of at least 4 members (excludes halogenated alkanes) is 1. The fourth-order valence-corrected chi connectivity index (χ4v) is 4.20. The molecule has 0 bridgehead atoms. The lowest BCUT2D eigenvalue weighted by atomic mass is 9.98. The van der Waals surface area contributed by atoms with Gasteiger partial charge in [-0.25, -0.2) is 14.4 Å². The van der Waals surface area contributed by atoms with Crippen molar-refractivity contribution in [2.45, 2.75) is 50.5 Å². The van der Waals surface area contributed by atoms with Gasteiger partial charge < -0.3 is 28.8 Å². The molecule has 0 saturated carbocycles. The summed E-state index contributed by atoms with van der Waals surface area (Å²) in [6.07, 6.45) is -4.92. The Balaban J connectivity index is 1.60. The fraction of sp³-hybridized carbons (Fsp3) is 0.323. The van der Waals surface area contributed by atoms with Crippen LogP contribution in [0.25, 0.3) is 0 Å². The third kappa shape index (κ3) is 7.53. The first kappa shape index (κ1) is 28.9. The van der Waals surface area contributed by atoms with Crippen LogP contribution in [0, 0.1) is 0 Å². The molecule has 9 nitrogen and oxygen atoms in total. The summed E-state index contributed by atoms with van der Waals surface area (Å²) in [7, 11) is 0. The van der Waals surface area contributed by atoms with E-state index in [0.29, 0.717) is 12.0 Å². The maximum absolute atomic E-state index is 13.1. The molecule has 0 radical (unpaired) electrons. The second-order valence-corrected chi connectivity index (χ2v) is 9.19. The summed E-state index contributed by atoms with van der Waals surface area (Å²) < 4.78 is 28.8. The molecule has 1 fully saturated rings. The highest BCUT2D eigenvalue weighted by atomic mass is 16.7. The average Bonchev–Trinajstić information content (AvgIpc) is 3.00. The Morgan fingerprint density at radius 2 is 1.18 bits per heavy atom. The zero-order chi connectivity index (χ0) is 28.3. The average molecular weight is 549 g/mol. The number of ether oxygens (including phenoxy) is 5. The zero-order valence-electron chi connectivity index (χ0n) is 22.1. The van der Waals surface area contributed by atoms with Crippen molar-refractivity contribution in [1.82, 2.24) is 0 Å². The van der Waals surface area contributed by atoms with Gasteiger partial charge in [0.1, 0.15) is 18.8 Å². The van der Waals surface area contributed by atoms with Gasteiger partial charge in [-0.1, -0.05) is 67.9 Å². The Labute approximate surface area is 232 Å². The van der Waals surface area contributed by atoms with E-state index in [0.717, 1.165) is 6.42 Å². The zero-order valence-corrected chi connectivity index (χ0v) is 22.1. The first-order valence-corrected chi connectivity index (χ1v) is 13.2. The van der Waals surface area contributed by atoms with Crippen molar-refractivity contribution in [1.29, 1.82) is 0 Å². The number of esters is 3. The largest absolute Gasteiger partial charge is 0.459 e. The molecule has 4 rings (SSSR count). The van der Waals surface area contributed by atoms with Gasteiger partial charge in [-0.2, -0.15) is 0 Å². The third-order valence-corrected chi connectivity index (χ3v) is 6.31. The molecular weight excluding hydrogens is 516 g/mol. The smallest absolute Gasteiger partial charge is 0.338 e. The van der Waals surface area contributed by atoms with E-state index >= 15 is 0 Å². The lowest BCUT2D eigenvalue weighted by molar-refractivity contribution is -0.292. The van der Waals surface area contributed by atoms with Gasteiger partial charge in [0, 0.05) is 6.61 Å². The Morgan fingerprint density at radius 3 is 1.68 bits per heavy atom. The van der Waals surface area contributed by atoms with Crippen molar-refractivity contribution in [2.75, 3.05) is 13.2 Å². The summed E-state index contributed by atoms with van der Waals surface area (Å²) in [5.74, 6) is -2.01. The van der Waals surface area contributed by atoms with E-state index in [4.69, 9.17) is 23.7 Å². The van der Waals surface area contributed by atoms with Gasteiger partial charge in [0.25, 0.3) is 0 Å². The number of benzene rings is 3. The van der Waals surface area contributed by atoms with Crippen LogP contribution >= 0.6 is 0 Å². The van der Waals surface area contributed by atoms with Crippen molar-refractivity contribution in [2.24, 2.45) is 0 Å². The minimum Gasteiger partial charge on any atom is -0.459 e. The van der Waals surface area contributed by atoms with Crippen LogP contribution in [-0.2, 0) is 23.7 Å². The summed E-state index contributed by atoms with van der Waals surface area (Å²) in [5.41, 5.74) is 0.861. The van der Waals surface area contributed by atoms with E-state index in [9.17, 15) is 19.5 Å². The van der Waals surface area contributed by atoms with Gasteiger partial charge in [-0.3, -0.25) is 0 Å². The highest BCUT2D eigenvalue weighted by molar-refractivity contribution is 5.90. The molecule has 3 aromatic carbocycles. The van der Waals surface area contributed by atoms with Crippen LogP contribution < -0.4 is 0 Å². The van der Waals surface area contributed by atoms with Gasteiger partial charge in [-0.05, 0) is 42.8 Å². The molecule has 1 N–H and O–H groups in total. The van der Waals surface area contributed by atoms with Crippen molar-refractivity contribution in [3.8, 4) is 0 Å². The predicted octanol–water partition coefficient (Wildman–Crippen LogP) is 4.20. The molecule has 0 spiro atoms. The van der Waals surface area contributed by atoms with Crippen LogP contribution in [0.2, 0.25) is 0 Å². The number of aliphatic hydroxyl groups excluding tert-OH is 1. The molecule has 5 atom stereocenters. The maximum Gasteiger partial charge on any atom is 0.338 e. The third-order valence-electron chi connectivity index (χ3n) is 6.31. The topological polar surface area (TPSA) is 118 Å². The Hall–Kier alpha value is -4.05. The molecule has 3 aromatic rings. The van der Waals surface area contributed by atoms with E-state index in [1.807, 2.05) is 6.92 Å². The number of aliphatic hydroxyl groups is 1. The minimum atomic E-state index is -1.65. The SMILES string of the molecule is CCCCOC1[C@H](OC(=O)c2ccccc2)C(O)OC(COC(=O)c2ccccc2)[C@H]1OC(=O)c1ccccc1. The lowest BCUT2D eigenvalue weighted by Gasteiger charge is -2.43. The molecule has 9 heteroatoms. The van der Waals surface area contributed by atoms with Gasteiger partial charge >= 0.3 is 17.9 Å². The highest BCUT2D eigenvalue weighted by Crippen LogP contribution is 2.29. The molecule has 1 aliphatic heterocycles. The molecule has 1 heterocycles. The van der Waals surface area contributed by atoms with Gasteiger partial charge in [0.15, 0.2) is 18.5 Å². The molecule has 210 valence electrons. The molecule has 1 saturated heterocycles. The van der Waals surface area contributed by atoms with Crippen LogP contribution in [0.4, 0.5) is 0 Å². The molecule has 3 unspecified atom stereocenters. The maximum atomic E-state index is 13.1. The molecule has 0 aliphatic carbocycles. The van der Waals surface area contributed by atoms with E-state index in [-0.39, 0.29) is 24.3 Å². The standard InChI is InChI=1S/C31H32O9/c1-2-3-19-36-26-25(39-29(33)22-15-9-5-10-16-22)24(20-37-28(32)21-13-7-4-8-14-21)38-31(35)27(26)40-30(34)23-17-11-6-12-18-23/h4-18,24-27,31,35H,2-3,19-20H2,1H3/t24?,25-,26?,27+,31?/m1/s1. The van der Waals surface area contributed by atoms with Crippen LogP contribution in [0.15, 0.2) is 91.0 Å². The summed E-state index contributed by atoms with van der Waals surface area (Å²) in [5, 5.41) is 11.0. The molecule has 0 amide bonds. The van der Waals surface area contributed by atoms with E-state index < -0.39 is 48.6 Å². The Bertz CT molecular complexity index is 1230. The fourth-order valence-electron chi connectivity index (χ4n) is 4.20. The first-order valence-electron chi connectivity index (χ1n) is 13.2. The van der Waals surface area contributed by atoms with Gasteiger partial charge in [0.05, 0.1) is 16.7 Å². The normalized spacial score (nSPS) is 22.2. The highest BCUT2D eigenvalue weighted by Gasteiger charge is 2.51. The van der Waals surface area contributed by atoms with Crippen LogP contribution in [-0.4, -0.2) is 66.9 Å². The second-order valence-electron chi connectivity index (χ2n) is 9.19. The van der Waals surface area contributed by atoms with Crippen molar-refractivity contribution < 1.29 is 43.2 Å². The summed E-state index contributed by atoms with van der Waals surface area (Å²) >= 11 is 0. The molecule has 40 heavy (non-hydrogen) atoms. The lowest BCUT2D eigenvalue weighted by Crippen LogP contribution is -2.62. The summed E-state index contributed by atoms with van der Waals surface area (Å²) in [4.78, 5) is 38.7. The van der Waals surface area contributed by atoms with Gasteiger partial charge in [-0.15, -0.1) is 0 Å². The number of rotatable bonds is 11. The number of carbonyl (C=O) groups excluding carboxylic acids is 3. The van der Waals surface area contributed by atoms with Crippen LogP contribution in [0.5, 0.6) is 0 Å². The van der Waals surface area contributed by atoms with E-state index in [1.165, 1.54) is 0 Å². The van der Waals surface area contributed by atoms with Crippen molar-refractivity contribution >= 4 is 17.9 Å². The molecule has 0 aromatic heterocycles. The first-order chi connectivity index (χ1) is 19.5. The van der Waals surface area contributed by atoms with Crippen LogP contribution in [0.3, 0.4) is 0 Å². The monoisotopic (exact) mass is 548 g/mol. The quantitative estimate of drug-likeness (QED) is 0.214. The predicted molar refractivity (Wildman–Crippen MR) is 144 cm³/mol. The van der Waals surface area contributed by atoms with Gasteiger partial charge in [0.2, 0.25) is 0 Å². The number of carbonyl (C=O) groups is 3. The molecular formula is C31H32O9. The summed E-state index contributed by atoms with van der Waals surface area (Å²) in [6, 6.07) is 25.0. The Morgan fingerprint density at radius 1 is 0.700 bits per heavy atom. The number of hydrogen-bond donors (Lipinski definition) is 1. The van der Waals surface area contributed by atoms with Crippen molar-refractivity contribution in [3.63, 3.8) is 0 Å². The van der Waals surface area contributed by atoms with Crippen LogP contribution in [0.1, 0.15) is 50.8 Å². The van der Waals surface area contributed by atoms with E-state index in [2.05, 4.69) is 0 Å². The Kier molecular flexibility index (Phi) is 10.4. The summed E-state index contributed by atoms with van der Waals surface area (Å²) in [6.45, 7) is 1.86. The number of hydrogen-bond acceptors (Lipinski definition) is 9. The second kappa shape index (κ2) is 14.4. The van der Waals surface area contributed by atoms with E-state index in [1.54, 1.807) is 91.0 Å². The minimum absolute atomic E-state index is 0.239. The van der Waals surface area contributed by atoms with Crippen molar-refractivity contribution in [3.05, 3.63) is 108 Å². The molecule has 1 aliphatic rings.